The topological polar surface area (TPSA) is 70.0 Å². The van der Waals surface area contributed by atoms with Crippen LogP contribution in [0.5, 0.6) is 0 Å². The molecule has 0 aliphatic heterocycles. The summed E-state index contributed by atoms with van der Waals surface area (Å²) in [5.74, 6) is -1.01. The Labute approximate surface area is 115 Å². The summed E-state index contributed by atoms with van der Waals surface area (Å²) < 4.78 is 5.34. The van der Waals surface area contributed by atoms with Gasteiger partial charge in [0.2, 0.25) is 0 Å². The highest BCUT2D eigenvalue weighted by atomic mass is 16.5. The van der Waals surface area contributed by atoms with Gasteiger partial charge in [0.05, 0.1) is 18.1 Å². The minimum Gasteiger partial charge on any atom is -0.481 e. The monoisotopic (exact) mass is 273 g/mol. The number of hydrogen-bond donors (Lipinski definition) is 2. The number of rotatable bonds is 8. The molecular weight excluding hydrogens is 246 g/mol. The maximum atomic E-state index is 10.9. The summed E-state index contributed by atoms with van der Waals surface area (Å²) in [6.45, 7) is 7.73. The van der Waals surface area contributed by atoms with Gasteiger partial charge in [0.15, 0.2) is 0 Å². The van der Waals surface area contributed by atoms with Crippen LogP contribution in [0.15, 0.2) is 0 Å². The molecule has 1 aliphatic carbocycles. The van der Waals surface area contributed by atoms with Crippen molar-refractivity contribution in [2.24, 2.45) is 5.92 Å². The number of ether oxygens (including phenoxy) is 1. The third kappa shape index (κ3) is 5.47. The fraction of sp³-hybridized carbons (Fsp3) is 0.929. The van der Waals surface area contributed by atoms with E-state index >= 15 is 0 Å². The molecule has 0 bridgehead atoms. The third-order valence-corrected chi connectivity index (χ3v) is 3.99. The summed E-state index contributed by atoms with van der Waals surface area (Å²) in [5.41, 5.74) is -0.728. The van der Waals surface area contributed by atoms with Crippen molar-refractivity contribution < 1.29 is 19.7 Å². The predicted octanol–water partition coefficient (Wildman–Crippen LogP) is 1.35. The van der Waals surface area contributed by atoms with Gasteiger partial charge in [-0.3, -0.25) is 9.69 Å². The highest BCUT2D eigenvalue weighted by molar-refractivity contribution is 5.70. The number of likely N-dealkylation sites (N-methyl/N-ethyl adjacent to an activating group) is 1. The van der Waals surface area contributed by atoms with E-state index in [9.17, 15) is 9.90 Å². The highest BCUT2D eigenvalue weighted by Gasteiger charge is 2.36. The van der Waals surface area contributed by atoms with E-state index in [1.165, 1.54) is 0 Å². The Kier molecular flexibility index (Phi) is 6.75. The zero-order chi connectivity index (χ0) is 14.3. The molecule has 0 aromatic rings. The molecule has 0 unspecified atom stereocenters. The van der Waals surface area contributed by atoms with Crippen LogP contribution >= 0.6 is 0 Å². The molecule has 0 aromatic heterocycles. The molecule has 0 aromatic carbocycles. The smallest absolute Gasteiger partial charge is 0.306 e. The molecule has 1 saturated carbocycles. The molecule has 2 N–H and O–H groups in total. The average molecular weight is 273 g/mol. The summed E-state index contributed by atoms with van der Waals surface area (Å²) in [6, 6.07) is 0. The molecule has 1 fully saturated rings. The summed E-state index contributed by atoms with van der Waals surface area (Å²) >= 11 is 0. The van der Waals surface area contributed by atoms with Gasteiger partial charge >= 0.3 is 5.97 Å². The van der Waals surface area contributed by atoms with E-state index in [1.807, 2.05) is 6.92 Å². The molecule has 5 heteroatoms. The molecular formula is C14H27NO4. The quantitative estimate of drug-likeness (QED) is 0.653. The number of carboxylic acids is 1. The van der Waals surface area contributed by atoms with E-state index in [2.05, 4.69) is 11.8 Å². The molecule has 0 amide bonds. The molecule has 1 aliphatic rings. The Hall–Kier alpha value is -0.650. The zero-order valence-electron chi connectivity index (χ0n) is 12.1. The molecule has 112 valence electrons. The Morgan fingerprint density at radius 3 is 2.47 bits per heavy atom. The van der Waals surface area contributed by atoms with E-state index in [0.717, 1.165) is 13.1 Å². The molecule has 0 saturated heterocycles. The molecule has 0 radical (unpaired) electrons. The number of hydrogen-bond acceptors (Lipinski definition) is 4. The molecule has 1 rings (SSSR count). The first-order valence-corrected chi connectivity index (χ1v) is 7.26. The lowest BCUT2D eigenvalue weighted by Crippen LogP contribution is -2.47. The van der Waals surface area contributed by atoms with Crippen LogP contribution in [0.25, 0.3) is 0 Å². The minimum atomic E-state index is -0.731. The molecule has 5 nitrogen and oxygen atoms in total. The summed E-state index contributed by atoms with van der Waals surface area (Å²) in [7, 11) is 0. The van der Waals surface area contributed by atoms with Gasteiger partial charge in [-0.1, -0.05) is 6.92 Å². The van der Waals surface area contributed by atoms with Gasteiger partial charge in [-0.05, 0) is 39.2 Å². The number of carbonyl (C=O) groups is 1. The Morgan fingerprint density at radius 1 is 1.37 bits per heavy atom. The molecule has 0 heterocycles. The fourth-order valence-corrected chi connectivity index (χ4v) is 2.66. The van der Waals surface area contributed by atoms with Crippen molar-refractivity contribution in [3.05, 3.63) is 0 Å². The lowest BCUT2D eigenvalue weighted by Gasteiger charge is -2.38. The first-order chi connectivity index (χ1) is 9.00. The normalized spacial score (nSPS) is 27.7. The maximum absolute atomic E-state index is 10.9. The number of aliphatic hydroxyl groups is 1. The SMILES string of the molecule is CCOCCN(CC)CC1(O)CCC(C(=O)O)CC1. The lowest BCUT2D eigenvalue weighted by molar-refractivity contribution is -0.145. The number of carboxylic acid groups (broad SMARTS) is 1. The Balaban J connectivity index is 2.39. The lowest BCUT2D eigenvalue weighted by atomic mass is 9.78. The third-order valence-electron chi connectivity index (χ3n) is 3.99. The van der Waals surface area contributed by atoms with Gasteiger partial charge in [-0.25, -0.2) is 0 Å². The van der Waals surface area contributed by atoms with Crippen LogP contribution < -0.4 is 0 Å². The largest absolute Gasteiger partial charge is 0.481 e. The second-order valence-corrected chi connectivity index (χ2v) is 5.40. The number of aliphatic carboxylic acids is 1. The maximum Gasteiger partial charge on any atom is 0.306 e. The number of nitrogens with zero attached hydrogens (tertiary/aromatic N) is 1. The Morgan fingerprint density at radius 2 is 2.00 bits per heavy atom. The van der Waals surface area contributed by atoms with Crippen molar-refractivity contribution in [1.82, 2.24) is 4.90 Å². The predicted molar refractivity (Wildman–Crippen MR) is 73.2 cm³/mol. The van der Waals surface area contributed by atoms with Crippen LogP contribution in [0.3, 0.4) is 0 Å². The first-order valence-electron chi connectivity index (χ1n) is 7.26. The standard InChI is InChI=1S/C14H27NO4/c1-3-15(9-10-19-4-2)11-14(18)7-5-12(6-8-14)13(16)17/h12,18H,3-11H2,1-2H3,(H,16,17). The van der Waals surface area contributed by atoms with Gasteiger partial charge in [0, 0.05) is 19.7 Å². The van der Waals surface area contributed by atoms with Crippen molar-refractivity contribution in [3.63, 3.8) is 0 Å². The highest BCUT2D eigenvalue weighted by Crippen LogP contribution is 2.32. The second kappa shape index (κ2) is 7.82. The van der Waals surface area contributed by atoms with Crippen LogP contribution in [-0.4, -0.2) is 59.5 Å². The van der Waals surface area contributed by atoms with Crippen molar-refractivity contribution in [2.45, 2.75) is 45.1 Å². The van der Waals surface area contributed by atoms with Crippen molar-refractivity contribution in [1.29, 1.82) is 0 Å². The Bertz CT molecular complexity index is 275. The van der Waals surface area contributed by atoms with Crippen LogP contribution in [0, 0.1) is 5.92 Å². The molecule has 0 spiro atoms. The summed E-state index contributed by atoms with van der Waals surface area (Å²) in [5, 5.41) is 19.5. The van der Waals surface area contributed by atoms with Gasteiger partial charge < -0.3 is 14.9 Å². The van der Waals surface area contributed by atoms with Crippen LogP contribution in [0.4, 0.5) is 0 Å². The van der Waals surface area contributed by atoms with E-state index in [1.54, 1.807) is 0 Å². The van der Waals surface area contributed by atoms with E-state index in [0.29, 0.717) is 45.4 Å². The van der Waals surface area contributed by atoms with Crippen molar-refractivity contribution in [3.8, 4) is 0 Å². The fourth-order valence-electron chi connectivity index (χ4n) is 2.66. The minimum absolute atomic E-state index is 0.279. The van der Waals surface area contributed by atoms with E-state index in [-0.39, 0.29) is 5.92 Å². The van der Waals surface area contributed by atoms with Gasteiger partial charge in [-0.2, -0.15) is 0 Å². The van der Waals surface area contributed by atoms with E-state index < -0.39 is 11.6 Å². The zero-order valence-corrected chi connectivity index (χ0v) is 12.1. The van der Waals surface area contributed by atoms with Gasteiger partial charge in [0.25, 0.3) is 0 Å². The first kappa shape index (κ1) is 16.4. The summed E-state index contributed by atoms with van der Waals surface area (Å²) in [6.07, 6.45) is 2.31. The average Bonchev–Trinajstić information content (AvgIpc) is 2.38. The van der Waals surface area contributed by atoms with Crippen molar-refractivity contribution in [2.75, 3.05) is 32.8 Å². The molecule has 0 atom stereocenters. The summed E-state index contributed by atoms with van der Waals surface area (Å²) in [4.78, 5) is 13.1. The van der Waals surface area contributed by atoms with Crippen molar-refractivity contribution >= 4 is 5.97 Å². The van der Waals surface area contributed by atoms with Crippen LogP contribution in [0.1, 0.15) is 39.5 Å². The van der Waals surface area contributed by atoms with Gasteiger partial charge in [-0.15, -0.1) is 0 Å². The molecule has 19 heavy (non-hydrogen) atoms. The van der Waals surface area contributed by atoms with Crippen LogP contribution in [-0.2, 0) is 9.53 Å². The van der Waals surface area contributed by atoms with Crippen LogP contribution in [0.2, 0.25) is 0 Å². The second-order valence-electron chi connectivity index (χ2n) is 5.40. The van der Waals surface area contributed by atoms with Gasteiger partial charge in [0.1, 0.15) is 0 Å². The van der Waals surface area contributed by atoms with E-state index in [4.69, 9.17) is 9.84 Å².